The number of imide groups is 1. The molecule has 1 atom stereocenters. The number of carbonyl (C=O) groups excluding carboxylic acids is 3. The molecule has 5 rings (SSSR count). The topological polar surface area (TPSA) is 97.2 Å². The Labute approximate surface area is 205 Å². The number of fused-ring (bicyclic) bond motifs is 2. The fourth-order valence-electron chi connectivity index (χ4n) is 4.48. The number of carbonyl (C=O) groups is 3. The minimum Gasteiger partial charge on any atom is -0.325 e. The number of thiophene rings is 1. The van der Waals surface area contributed by atoms with E-state index in [1.165, 1.54) is 42.1 Å². The van der Waals surface area contributed by atoms with E-state index < -0.39 is 0 Å². The molecule has 176 valence electrons. The van der Waals surface area contributed by atoms with Crippen LogP contribution in [0.1, 0.15) is 50.9 Å². The SMILES string of the molecule is CCC1CCc2sc(-c3nnc(SCC(=O)Nc4ccc5c(c4)C(=O)N(C)C5=O)n3C)cc2C1. The van der Waals surface area contributed by atoms with Gasteiger partial charge in [0.25, 0.3) is 11.8 Å². The van der Waals surface area contributed by atoms with E-state index in [4.69, 9.17) is 0 Å². The number of hydrogen-bond donors (Lipinski definition) is 1. The van der Waals surface area contributed by atoms with Crippen molar-refractivity contribution in [3.63, 3.8) is 0 Å². The molecule has 0 spiro atoms. The lowest BCUT2D eigenvalue weighted by molar-refractivity contribution is -0.113. The Kier molecular flexibility index (Phi) is 6.03. The van der Waals surface area contributed by atoms with Gasteiger partial charge in [-0.2, -0.15) is 0 Å². The zero-order chi connectivity index (χ0) is 24.0. The van der Waals surface area contributed by atoms with Crippen LogP contribution in [-0.4, -0.2) is 50.2 Å². The van der Waals surface area contributed by atoms with Crippen LogP contribution in [0.25, 0.3) is 10.7 Å². The van der Waals surface area contributed by atoms with Crippen molar-refractivity contribution in [2.24, 2.45) is 13.0 Å². The monoisotopic (exact) mass is 495 g/mol. The van der Waals surface area contributed by atoms with Crippen LogP contribution in [0.5, 0.6) is 0 Å². The molecule has 0 bridgehead atoms. The first-order valence-electron chi connectivity index (χ1n) is 11.3. The molecule has 1 aromatic carbocycles. The van der Waals surface area contributed by atoms with Gasteiger partial charge in [-0.1, -0.05) is 25.1 Å². The minimum atomic E-state index is -0.363. The van der Waals surface area contributed by atoms with E-state index in [1.807, 2.05) is 11.6 Å². The maximum absolute atomic E-state index is 12.5. The molecule has 3 amide bonds. The van der Waals surface area contributed by atoms with E-state index in [0.29, 0.717) is 22.0 Å². The van der Waals surface area contributed by atoms with Gasteiger partial charge >= 0.3 is 0 Å². The second-order valence-corrected chi connectivity index (χ2v) is 10.8. The first-order valence-corrected chi connectivity index (χ1v) is 13.1. The van der Waals surface area contributed by atoms with Gasteiger partial charge in [0, 0.05) is 24.7 Å². The molecule has 34 heavy (non-hydrogen) atoms. The van der Waals surface area contributed by atoms with Crippen LogP contribution in [0.2, 0.25) is 0 Å². The predicted molar refractivity (Wildman–Crippen MR) is 132 cm³/mol. The Bertz CT molecular complexity index is 1310. The highest BCUT2D eigenvalue weighted by molar-refractivity contribution is 7.99. The average molecular weight is 496 g/mol. The zero-order valence-corrected chi connectivity index (χ0v) is 20.9. The summed E-state index contributed by atoms with van der Waals surface area (Å²) in [6.07, 6.45) is 4.75. The van der Waals surface area contributed by atoms with E-state index in [1.54, 1.807) is 29.5 Å². The average Bonchev–Trinajstić information content (AvgIpc) is 3.48. The van der Waals surface area contributed by atoms with Crippen molar-refractivity contribution < 1.29 is 14.4 Å². The fraction of sp³-hybridized carbons (Fsp3) is 0.375. The number of nitrogens with one attached hydrogen (secondary N) is 1. The molecule has 2 aliphatic rings. The van der Waals surface area contributed by atoms with Crippen LogP contribution < -0.4 is 5.32 Å². The summed E-state index contributed by atoms with van der Waals surface area (Å²) in [5.41, 5.74) is 2.58. The summed E-state index contributed by atoms with van der Waals surface area (Å²) >= 11 is 3.11. The van der Waals surface area contributed by atoms with Crippen LogP contribution >= 0.6 is 23.1 Å². The Morgan fingerprint density at radius 2 is 1.97 bits per heavy atom. The smallest absolute Gasteiger partial charge is 0.261 e. The summed E-state index contributed by atoms with van der Waals surface area (Å²) in [5.74, 6) is 0.817. The van der Waals surface area contributed by atoms with Gasteiger partial charge in [-0.15, -0.1) is 21.5 Å². The third kappa shape index (κ3) is 4.05. The molecule has 0 fully saturated rings. The van der Waals surface area contributed by atoms with Gasteiger partial charge in [-0.25, -0.2) is 0 Å². The van der Waals surface area contributed by atoms with Gasteiger partial charge in [0.05, 0.1) is 21.8 Å². The first-order chi connectivity index (χ1) is 16.4. The van der Waals surface area contributed by atoms with Gasteiger partial charge in [-0.05, 0) is 55.0 Å². The van der Waals surface area contributed by atoms with Crippen molar-refractivity contribution >= 4 is 46.5 Å². The summed E-state index contributed by atoms with van der Waals surface area (Å²) in [6.45, 7) is 2.26. The number of aromatic nitrogens is 3. The molecule has 3 heterocycles. The molecule has 0 saturated carbocycles. The summed E-state index contributed by atoms with van der Waals surface area (Å²) in [6, 6.07) is 7.00. The molecular formula is C24H25N5O3S2. The quantitative estimate of drug-likeness (QED) is 0.410. The lowest BCUT2D eigenvalue weighted by Crippen LogP contribution is -2.24. The van der Waals surface area contributed by atoms with Gasteiger partial charge < -0.3 is 9.88 Å². The van der Waals surface area contributed by atoms with Crippen molar-refractivity contribution in [3.05, 3.63) is 45.8 Å². The van der Waals surface area contributed by atoms with E-state index in [0.717, 1.165) is 34.4 Å². The number of anilines is 1. The van der Waals surface area contributed by atoms with Crippen LogP contribution in [0.15, 0.2) is 29.4 Å². The lowest BCUT2D eigenvalue weighted by atomic mass is 9.87. The van der Waals surface area contributed by atoms with Gasteiger partial charge in [0.15, 0.2) is 11.0 Å². The second-order valence-electron chi connectivity index (χ2n) is 8.71. The van der Waals surface area contributed by atoms with Crippen LogP contribution in [-0.2, 0) is 24.7 Å². The number of aryl methyl sites for hydroxylation is 1. The van der Waals surface area contributed by atoms with Crippen LogP contribution in [0.4, 0.5) is 5.69 Å². The zero-order valence-electron chi connectivity index (χ0n) is 19.3. The number of amides is 3. The molecule has 1 aliphatic carbocycles. The molecule has 1 unspecified atom stereocenters. The van der Waals surface area contributed by atoms with Crippen molar-refractivity contribution in [1.29, 1.82) is 0 Å². The third-order valence-electron chi connectivity index (χ3n) is 6.52. The van der Waals surface area contributed by atoms with Gasteiger partial charge in [-0.3, -0.25) is 19.3 Å². The maximum Gasteiger partial charge on any atom is 0.261 e. The highest BCUT2D eigenvalue weighted by Crippen LogP contribution is 2.38. The van der Waals surface area contributed by atoms with Crippen molar-refractivity contribution in [2.75, 3.05) is 18.1 Å². The van der Waals surface area contributed by atoms with E-state index >= 15 is 0 Å². The summed E-state index contributed by atoms with van der Waals surface area (Å²) < 4.78 is 1.93. The largest absolute Gasteiger partial charge is 0.325 e. The van der Waals surface area contributed by atoms with E-state index in [2.05, 4.69) is 28.5 Å². The molecule has 0 saturated heterocycles. The van der Waals surface area contributed by atoms with Crippen LogP contribution in [0, 0.1) is 5.92 Å². The molecule has 3 aromatic rings. The molecule has 10 heteroatoms. The Hall–Kier alpha value is -2.98. The molecular weight excluding hydrogens is 470 g/mol. The van der Waals surface area contributed by atoms with Crippen molar-refractivity contribution in [2.45, 2.75) is 37.8 Å². The number of nitrogens with zero attached hydrogens (tertiary/aromatic N) is 4. The highest BCUT2D eigenvalue weighted by atomic mass is 32.2. The van der Waals surface area contributed by atoms with E-state index in [9.17, 15) is 14.4 Å². The Balaban J connectivity index is 1.23. The third-order valence-corrected chi connectivity index (χ3v) is 8.78. The fourth-order valence-corrected chi connectivity index (χ4v) is 6.42. The van der Waals surface area contributed by atoms with Crippen LogP contribution in [0.3, 0.4) is 0 Å². The number of thioether (sulfide) groups is 1. The summed E-state index contributed by atoms with van der Waals surface area (Å²) in [4.78, 5) is 40.4. The molecule has 8 nitrogen and oxygen atoms in total. The minimum absolute atomic E-state index is 0.148. The number of hydrogen-bond acceptors (Lipinski definition) is 7. The second kappa shape index (κ2) is 8.99. The Morgan fingerprint density at radius 1 is 1.18 bits per heavy atom. The lowest BCUT2D eigenvalue weighted by Gasteiger charge is -2.19. The Morgan fingerprint density at radius 3 is 2.76 bits per heavy atom. The first kappa shape index (κ1) is 22.8. The van der Waals surface area contributed by atoms with E-state index in [-0.39, 0.29) is 23.5 Å². The molecule has 0 radical (unpaired) electrons. The highest BCUT2D eigenvalue weighted by Gasteiger charge is 2.32. The maximum atomic E-state index is 12.5. The van der Waals surface area contributed by atoms with Crippen molar-refractivity contribution in [1.82, 2.24) is 19.7 Å². The summed E-state index contributed by atoms with van der Waals surface area (Å²) in [5, 5.41) is 12.1. The molecule has 1 N–H and O–H groups in total. The molecule has 2 aromatic heterocycles. The summed E-state index contributed by atoms with van der Waals surface area (Å²) in [7, 11) is 3.37. The van der Waals surface area contributed by atoms with Gasteiger partial charge in [0.2, 0.25) is 5.91 Å². The number of benzene rings is 1. The molecule has 1 aliphatic heterocycles. The standard InChI is InChI=1S/C24H25N5O3S2/c1-4-13-5-8-18-14(9-13)10-19(34-18)21-26-27-24(28(21)2)33-12-20(30)25-15-6-7-16-17(11-15)23(32)29(3)22(16)31/h6-7,10-11,13H,4-5,8-9,12H2,1-3H3,(H,25,30). The predicted octanol–water partition coefficient (Wildman–Crippen LogP) is 4.02. The normalized spacial score (nSPS) is 17.1. The number of rotatable bonds is 6. The van der Waals surface area contributed by atoms with Gasteiger partial charge in [0.1, 0.15) is 0 Å². The van der Waals surface area contributed by atoms with Crippen molar-refractivity contribution in [3.8, 4) is 10.7 Å².